The summed E-state index contributed by atoms with van der Waals surface area (Å²) in [5.74, 6) is 0.666. The van der Waals surface area contributed by atoms with Crippen molar-refractivity contribution in [3.8, 4) is 0 Å². The lowest BCUT2D eigenvalue weighted by molar-refractivity contribution is -0.384. The molecule has 0 atom stereocenters. The summed E-state index contributed by atoms with van der Waals surface area (Å²) in [6, 6.07) is 8.00. The average molecular weight is 324 g/mol. The summed E-state index contributed by atoms with van der Waals surface area (Å²) < 4.78 is 0. The minimum atomic E-state index is -0.423. The molecule has 1 aromatic carbocycles. The first-order valence-corrected chi connectivity index (χ1v) is 7.42. The van der Waals surface area contributed by atoms with E-state index in [0.29, 0.717) is 16.0 Å². The predicted molar refractivity (Wildman–Crippen MR) is 83.0 cm³/mol. The van der Waals surface area contributed by atoms with E-state index in [2.05, 4.69) is 9.97 Å². The van der Waals surface area contributed by atoms with Gasteiger partial charge in [0.05, 0.1) is 4.92 Å². The highest BCUT2D eigenvalue weighted by Crippen LogP contribution is 2.30. The maximum absolute atomic E-state index is 10.6. The second-order valence-corrected chi connectivity index (χ2v) is 6.94. The molecule has 0 aliphatic rings. The summed E-state index contributed by atoms with van der Waals surface area (Å²) in [4.78, 5) is 19.8. The van der Waals surface area contributed by atoms with Gasteiger partial charge in [0.1, 0.15) is 16.0 Å². The molecule has 21 heavy (non-hydrogen) atoms. The van der Waals surface area contributed by atoms with E-state index in [0.717, 1.165) is 4.90 Å². The van der Waals surface area contributed by atoms with Crippen molar-refractivity contribution in [2.75, 3.05) is 0 Å². The number of halogens is 1. The molecule has 0 saturated heterocycles. The Labute approximate surface area is 131 Å². The van der Waals surface area contributed by atoms with Gasteiger partial charge in [-0.2, -0.15) is 0 Å². The highest BCUT2D eigenvalue weighted by molar-refractivity contribution is 7.99. The van der Waals surface area contributed by atoms with Crippen LogP contribution in [0.4, 0.5) is 5.69 Å². The molecule has 0 unspecified atom stereocenters. The van der Waals surface area contributed by atoms with Crippen LogP contribution >= 0.6 is 23.4 Å². The van der Waals surface area contributed by atoms with Gasteiger partial charge in [0.25, 0.3) is 5.69 Å². The van der Waals surface area contributed by atoms with Gasteiger partial charge in [0.15, 0.2) is 0 Å². The first-order valence-electron chi connectivity index (χ1n) is 6.23. The normalized spacial score (nSPS) is 11.4. The Bertz CT molecular complexity index is 669. The molecule has 0 amide bonds. The minimum absolute atomic E-state index is 0.0652. The monoisotopic (exact) mass is 323 g/mol. The largest absolute Gasteiger partial charge is 0.269 e. The Balaban J connectivity index is 2.27. The number of rotatable bonds is 3. The van der Waals surface area contributed by atoms with Gasteiger partial charge < -0.3 is 0 Å². The molecular weight excluding hydrogens is 310 g/mol. The fourth-order valence-electron chi connectivity index (χ4n) is 1.54. The Kier molecular flexibility index (Phi) is 4.49. The molecule has 1 aromatic heterocycles. The Hall–Kier alpha value is -1.66. The highest BCUT2D eigenvalue weighted by Gasteiger charge is 2.19. The van der Waals surface area contributed by atoms with E-state index in [9.17, 15) is 10.1 Å². The van der Waals surface area contributed by atoms with Crippen molar-refractivity contribution < 1.29 is 4.92 Å². The molecule has 2 aromatic rings. The molecule has 7 heteroatoms. The van der Waals surface area contributed by atoms with Crippen molar-refractivity contribution >= 4 is 29.1 Å². The van der Waals surface area contributed by atoms with Gasteiger partial charge in [-0.15, -0.1) is 0 Å². The molecule has 5 nitrogen and oxygen atoms in total. The number of hydrogen-bond donors (Lipinski definition) is 0. The SMILES string of the molecule is CC(C)(C)c1nc(Cl)cc(Sc2ccc([N+](=O)[O-])cc2)n1. The third kappa shape index (κ3) is 4.15. The quantitative estimate of drug-likeness (QED) is 0.473. The molecule has 0 N–H and O–H groups in total. The van der Waals surface area contributed by atoms with Gasteiger partial charge in [-0.1, -0.05) is 44.1 Å². The number of hydrogen-bond acceptors (Lipinski definition) is 5. The van der Waals surface area contributed by atoms with Gasteiger partial charge in [-0.05, 0) is 12.1 Å². The molecular formula is C14H14ClN3O2S. The first-order chi connectivity index (χ1) is 9.75. The van der Waals surface area contributed by atoms with Crippen LogP contribution in [0.15, 0.2) is 40.3 Å². The number of non-ortho nitro benzene ring substituents is 1. The van der Waals surface area contributed by atoms with Crippen molar-refractivity contribution in [2.24, 2.45) is 0 Å². The van der Waals surface area contributed by atoms with Gasteiger partial charge in [-0.3, -0.25) is 10.1 Å². The number of nitro benzene ring substituents is 1. The second-order valence-electron chi connectivity index (χ2n) is 5.46. The van der Waals surface area contributed by atoms with Crippen molar-refractivity contribution in [1.82, 2.24) is 9.97 Å². The van der Waals surface area contributed by atoms with Crippen LogP contribution in [0.2, 0.25) is 5.15 Å². The van der Waals surface area contributed by atoms with Crippen molar-refractivity contribution in [1.29, 1.82) is 0 Å². The molecule has 0 spiro atoms. The molecule has 0 saturated carbocycles. The van der Waals surface area contributed by atoms with Crippen LogP contribution in [0.5, 0.6) is 0 Å². The Morgan fingerprint density at radius 3 is 2.33 bits per heavy atom. The summed E-state index contributed by atoms with van der Waals surface area (Å²) in [7, 11) is 0. The Morgan fingerprint density at radius 1 is 1.19 bits per heavy atom. The predicted octanol–water partition coefficient (Wildman–Crippen LogP) is 4.49. The van der Waals surface area contributed by atoms with E-state index in [4.69, 9.17) is 11.6 Å². The number of aromatic nitrogens is 2. The minimum Gasteiger partial charge on any atom is -0.258 e. The van der Waals surface area contributed by atoms with E-state index in [1.165, 1.54) is 23.9 Å². The van der Waals surface area contributed by atoms with Gasteiger partial charge in [-0.25, -0.2) is 9.97 Å². The van der Waals surface area contributed by atoms with Crippen molar-refractivity contribution in [3.63, 3.8) is 0 Å². The average Bonchev–Trinajstić information content (AvgIpc) is 2.37. The topological polar surface area (TPSA) is 68.9 Å². The molecule has 0 radical (unpaired) electrons. The molecule has 0 aliphatic heterocycles. The molecule has 1 heterocycles. The lowest BCUT2D eigenvalue weighted by atomic mass is 9.96. The van der Waals surface area contributed by atoms with Gasteiger partial charge >= 0.3 is 0 Å². The Morgan fingerprint density at radius 2 is 1.81 bits per heavy atom. The van der Waals surface area contributed by atoms with Crippen LogP contribution in [-0.2, 0) is 5.41 Å². The van der Waals surface area contributed by atoms with E-state index >= 15 is 0 Å². The third-order valence-corrected chi connectivity index (χ3v) is 3.73. The van der Waals surface area contributed by atoms with E-state index in [-0.39, 0.29) is 11.1 Å². The van der Waals surface area contributed by atoms with Crippen LogP contribution in [0, 0.1) is 10.1 Å². The summed E-state index contributed by atoms with van der Waals surface area (Å²) in [5.41, 5.74) is -0.133. The van der Waals surface area contributed by atoms with Crippen LogP contribution in [0.25, 0.3) is 0 Å². The third-order valence-electron chi connectivity index (χ3n) is 2.61. The van der Waals surface area contributed by atoms with E-state index in [1.54, 1.807) is 18.2 Å². The molecule has 110 valence electrons. The van der Waals surface area contributed by atoms with Crippen LogP contribution < -0.4 is 0 Å². The van der Waals surface area contributed by atoms with Crippen LogP contribution in [-0.4, -0.2) is 14.9 Å². The zero-order valence-corrected chi connectivity index (χ0v) is 13.4. The number of benzene rings is 1. The standard InChI is InChI=1S/C14H14ClN3O2S/c1-14(2,3)13-16-11(15)8-12(17-13)21-10-6-4-9(5-7-10)18(19)20/h4-8H,1-3H3. The zero-order chi connectivity index (χ0) is 15.6. The summed E-state index contributed by atoms with van der Waals surface area (Å²) >= 11 is 7.43. The molecule has 0 aliphatic carbocycles. The summed E-state index contributed by atoms with van der Waals surface area (Å²) in [6.07, 6.45) is 0. The van der Waals surface area contributed by atoms with E-state index in [1.807, 2.05) is 20.8 Å². The maximum Gasteiger partial charge on any atom is 0.269 e. The van der Waals surface area contributed by atoms with Crippen molar-refractivity contribution in [2.45, 2.75) is 36.1 Å². The van der Waals surface area contributed by atoms with Crippen LogP contribution in [0.1, 0.15) is 26.6 Å². The fraction of sp³-hybridized carbons (Fsp3) is 0.286. The molecule has 0 fully saturated rings. The second kappa shape index (κ2) is 5.99. The summed E-state index contributed by atoms with van der Waals surface area (Å²) in [6.45, 7) is 6.04. The molecule has 0 bridgehead atoms. The van der Waals surface area contributed by atoms with Gasteiger partial charge in [0.2, 0.25) is 0 Å². The number of nitro groups is 1. The summed E-state index contributed by atoms with van der Waals surface area (Å²) in [5, 5.41) is 11.7. The van der Waals surface area contributed by atoms with Crippen molar-refractivity contribution in [3.05, 3.63) is 51.4 Å². The zero-order valence-electron chi connectivity index (χ0n) is 11.8. The first kappa shape index (κ1) is 15.7. The highest BCUT2D eigenvalue weighted by atomic mass is 35.5. The lowest BCUT2D eigenvalue weighted by Crippen LogP contribution is -2.16. The van der Waals surface area contributed by atoms with E-state index < -0.39 is 4.92 Å². The van der Waals surface area contributed by atoms with Gasteiger partial charge in [0, 0.05) is 28.5 Å². The number of nitrogens with zero attached hydrogens (tertiary/aromatic N) is 3. The smallest absolute Gasteiger partial charge is 0.258 e. The van der Waals surface area contributed by atoms with Crippen LogP contribution in [0.3, 0.4) is 0 Å². The molecule has 2 rings (SSSR count). The lowest BCUT2D eigenvalue weighted by Gasteiger charge is -2.17. The fourth-order valence-corrected chi connectivity index (χ4v) is 2.61. The maximum atomic E-state index is 10.6.